The molecule has 1 heterocycles. The number of benzene rings is 2. The summed E-state index contributed by atoms with van der Waals surface area (Å²) in [6.45, 7) is -0.817. The van der Waals surface area contributed by atoms with Gasteiger partial charge in [0.25, 0.3) is 5.91 Å². The number of nitrogens with zero attached hydrogens (tertiary/aromatic N) is 2. The van der Waals surface area contributed by atoms with Gasteiger partial charge in [-0.1, -0.05) is 12.1 Å². The lowest BCUT2D eigenvalue weighted by molar-refractivity contribution is -0.154. The summed E-state index contributed by atoms with van der Waals surface area (Å²) in [6.07, 6.45) is -0.797. The van der Waals surface area contributed by atoms with Gasteiger partial charge in [0.05, 0.1) is 7.11 Å². The number of alkyl halides is 2. The van der Waals surface area contributed by atoms with Crippen molar-refractivity contribution < 1.29 is 32.6 Å². The van der Waals surface area contributed by atoms with Gasteiger partial charge in [-0.2, -0.15) is 8.78 Å². The van der Waals surface area contributed by atoms with Crippen LogP contribution in [0.15, 0.2) is 42.5 Å². The van der Waals surface area contributed by atoms with Crippen molar-refractivity contribution in [3.05, 3.63) is 53.6 Å². The molecule has 3 rings (SSSR count). The molecule has 1 amide bonds. The van der Waals surface area contributed by atoms with Crippen LogP contribution >= 0.6 is 0 Å². The average Bonchev–Trinajstić information content (AvgIpc) is 2.86. The van der Waals surface area contributed by atoms with E-state index in [4.69, 9.17) is 9.47 Å². The molecule has 0 bridgehead atoms. The topological polar surface area (TPSA) is 68.3 Å². The number of methoxy groups -OCH3 is 1. The van der Waals surface area contributed by atoms with E-state index in [-0.39, 0.29) is 18.1 Å². The van der Waals surface area contributed by atoms with Crippen molar-refractivity contribution in [2.45, 2.75) is 32.0 Å². The van der Waals surface area contributed by atoms with Crippen molar-refractivity contribution >= 4 is 17.6 Å². The maximum absolute atomic E-state index is 13.7. The van der Waals surface area contributed by atoms with Crippen molar-refractivity contribution in [1.82, 2.24) is 4.90 Å². The van der Waals surface area contributed by atoms with Crippen LogP contribution in [0.4, 0.5) is 14.5 Å². The minimum atomic E-state index is -2.97. The van der Waals surface area contributed by atoms with E-state index in [1.54, 1.807) is 30.2 Å². The lowest BCUT2D eigenvalue weighted by Gasteiger charge is -2.29. The molecule has 0 N–H and O–H groups in total. The fourth-order valence-electron chi connectivity index (χ4n) is 3.94. The van der Waals surface area contributed by atoms with E-state index in [9.17, 15) is 18.4 Å². The summed E-state index contributed by atoms with van der Waals surface area (Å²) in [5.41, 5.74) is 1.99. The molecule has 0 aliphatic carbocycles. The van der Waals surface area contributed by atoms with E-state index in [1.165, 1.54) is 19.1 Å². The normalized spacial score (nSPS) is 18.2. The van der Waals surface area contributed by atoms with E-state index in [0.717, 1.165) is 5.56 Å². The minimum Gasteiger partial charge on any atom is -0.497 e. The smallest absolute Gasteiger partial charge is 0.387 e. The number of carbonyl (C=O) groups excluding carboxylic acids is 2. The molecule has 1 aliphatic rings. The van der Waals surface area contributed by atoms with Gasteiger partial charge in [-0.05, 0) is 62.0 Å². The van der Waals surface area contributed by atoms with Crippen LogP contribution in [0.2, 0.25) is 0 Å². The number of likely N-dealkylation sites (N-methyl/N-ethyl adjacent to an activating group) is 1. The molecule has 178 valence electrons. The summed E-state index contributed by atoms with van der Waals surface area (Å²) in [5, 5.41) is 0. The zero-order valence-corrected chi connectivity index (χ0v) is 19.1. The first-order valence-electron chi connectivity index (χ1n) is 10.5. The minimum absolute atomic E-state index is 0.00294. The first-order chi connectivity index (χ1) is 15.7. The van der Waals surface area contributed by atoms with E-state index in [0.29, 0.717) is 30.1 Å². The number of rotatable bonds is 8. The van der Waals surface area contributed by atoms with Crippen LogP contribution in [0, 0.1) is 0 Å². The maximum atomic E-state index is 13.7. The molecule has 0 saturated carbocycles. The number of hydrogen-bond donors (Lipinski definition) is 0. The summed E-state index contributed by atoms with van der Waals surface area (Å²) < 4.78 is 41.0. The number of esters is 1. The van der Waals surface area contributed by atoms with Crippen LogP contribution in [0.1, 0.15) is 24.0 Å². The molecule has 2 aromatic carbocycles. The quantitative estimate of drug-likeness (QED) is 0.560. The Bertz CT molecular complexity index is 981. The number of ether oxygens (including phenoxy) is 3. The lowest BCUT2D eigenvalue weighted by atomic mass is 9.87. The van der Waals surface area contributed by atoms with Gasteiger partial charge in [-0.15, -0.1) is 0 Å². The van der Waals surface area contributed by atoms with Crippen molar-refractivity contribution in [3.8, 4) is 11.5 Å². The number of hydrogen-bond acceptors (Lipinski definition) is 6. The van der Waals surface area contributed by atoms with Crippen LogP contribution in [-0.2, 0) is 20.7 Å². The summed E-state index contributed by atoms with van der Waals surface area (Å²) >= 11 is 0. The number of fused-ring (bicyclic) bond motifs is 1. The van der Waals surface area contributed by atoms with E-state index in [2.05, 4.69) is 4.74 Å². The van der Waals surface area contributed by atoms with Crippen molar-refractivity contribution in [1.29, 1.82) is 0 Å². The zero-order valence-electron chi connectivity index (χ0n) is 19.1. The zero-order chi connectivity index (χ0) is 24.1. The van der Waals surface area contributed by atoms with E-state index >= 15 is 0 Å². The van der Waals surface area contributed by atoms with Crippen LogP contribution in [-0.4, -0.2) is 63.8 Å². The molecule has 0 aromatic heterocycles. The van der Waals surface area contributed by atoms with Gasteiger partial charge in [-0.3, -0.25) is 9.59 Å². The number of amides is 1. The Labute approximate surface area is 191 Å². The monoisotopic (exact) mass is 462 g/mol. The molecule has 0 fully saturated rings. The summed E-state index contributed by atoms with van der Waals surface area (Å²) in [7, 11) is 5.31. The number of halogens is 2. The summed E-state index contributed by atoms with van der Waals surface area (Å²) in [4.78, 5) is 29.1. The van der Waals surface area contributed by atoms with Crippen LogP contribution in [0.3, 0.4) is 0 Å². The van der Waals surface area contributed by atoms with E-state index < -0.39 is 24.6 Å². The fourth-order valence-corrected chi connectivity index (χ4v) is 3.94. The van der Waals surface area contributed by atoms with Crippen molar-refractivity contribution in [3.63, 3.8) is 0 Å². The van der Waals surface area contributed by atoms with Crippen LogP contribution in [0.25, 0.3) is 0 Å². The molecular weight excluding hydrogens is 434 g/mol. The molecular formula is C24H28F2N2O5. The SMILES string of the molecule is COc1ccc([C@H]2Cc3cc(OC(F)F)ccc3N(CCN(C)C)C(=O)[C@H]2OC(C)=O)cc1. The molecule has 0 unspecified atom stereocenters. The molecule has 9 heteroatoms. The van der Waals surface area contributed by atoms with Gasteiger partial charge in [-0.25, -0.2) is 0 Å². The Morgan fingerprint density at radius 3 is 2.39 bits per heavy atom. The predicted molar refractivity (Wildman–Crippen MR) is 119 cm³/mol. The van der Waals surface area contributed by atoms with Gasteiger partial charge in [0.1, 0.15) is 11.5 Å². The molecule has 0 saturated heterocycles. The highest BCUT2D eigenvalue weighted by Gasteiger charge is 2.40. The van der Waals surface area contributed by atoms with Gasteiger partial charge >= 0.3 is 12.6 Å². The first-order valence-corrected chi connectivity index (χ1v) is 10.5. The Kier molecular flexibility index (Phi) is 7.86. The Hall–Kier alpha value is -3.20. The standard InChI is InChI=1S/C24H28F2N2O5/c1-15(29)32-22-20(16-5-7-18(31-4)8-6-16)14-17-13-19(33-24(25)26)9-10-21(17)28(23(22)30)12-11-27(2)3/h5-10,13,20,22,24H,11-12,14H2,1-4H3/t20-,22+/m1/s1. The highest BCUT2D eigenvalue weighted by molar-refractivity contribution is 6.00. The molecule has 0 spiro atoms. The Morgan fingerprint density at radius 1 is 1.15 bits per heavy atom. The molecule has 0 radical (unpaired) electrons. The number of anilines is 1. The van der Waals surface area contributed by atoms with Gasteiger partial charge in [0, 0.05) is 31.6 Å². The largest absolute Gasteiger partial charge is 0.497 e. The maximum Gasteiger partial charge on any atom is 0.387 e. The second-order valence-corrected chi connectivity index (χ2v) is 8.08. The molecule has 2 atom stereocenters. The fraction of sp³-hybridized carbons (Fsp3) is 0.417. The van der Waals surface area contributed by atoms with Gasteiger partial charge < -0.3 is 24.0 Å². The second kappa shape index (κ2) is 10.6. The highest BCUT2D eigenvalue weighted by atomic mass is 19.3. The summed E-state index contributed by atoms with van der Waals surface area (Å²) in [6, 6.07) is 11.7. The lowest BCUT2D eigenvalue weighted by Crippen LogP contribution is -2.45. The highest BCUT2D eigenvalue weighted by Crippen LogP contribution is 2.38. The predicted octanol–water partition coefficient (Wildman–Crippen LogP) is 3.46. The second-order valence-electron chi connectivity index (χ2n) is 8.08. The average molecular weight is 462 g/mol. The van der Waals surface area contributed by atoms with Gasteiger partial charge in [0.15, 0.2) is 6.10 Å². The van der Waals surface area contributed by atoms with Crippen LogP contribution < -0.4 is 14.4 Å². The first kappa shape index (κ1) is 24.4. The van der Waals surface area contributed by atoms with Crippen LogP contribution in [0.5, 0.6) is 11.5 Å². The van der Waals surface area contributed by atoms with E-state index in [1.807, 2.05) is 31.1 Å². The third kappa shape index (κ3) is 5.98. The molecule has 2 aromatic rings. The number of carbonyl (C=O) groups is 2. The Balaban J connectivity index is 2.11. The van der Waals surface area contributed by atoms with Gasteiger partial charge in [0.2, 0.25) is 0 Å². The molecule has 7 nitrogen and oxygen atoms in total. The van der Waals surface area contributed by atoms with Crippen molar-refractivity contribution in [2.24, 2.45) is 0 Å². The Morgan fingerprint density at radius 2 is 1.82 bits per heavy atom. The third-order valence-corrected chi connectivity index (χ3v) is 5.49. The van der Waals surface area contributed by atoms with Crippen molar-refractivity contribution in [2.75, 3.05) is 39.2 Å². The molecule has 33 heavy (non-hydrogen) atoms. The summed E-state index contributed by atoms with van der Waals surface area (Å²) in [5.74, 6) is -0.829. The molecule has 1 aliphatic heterocycles. The third-order valence-electron chi connectivity index (χ3n) is 5.49.